The average Bonchev–Trinajstić information content (AvgIpc) is 2.36. The van der Waals surface area contributed by atoms with Crippen LogP contribution in [0.2, 0.25) is 0 Å². The zero-order valence-electron chi connectivity index (χ0n) is 12.0. The molecule has 5 nitrogen and oxygen atoms in total. The number of hydrogen-bond acceptors (Lipinski definition) is 3. The van der Waals surface area contributed by atoms with Crippen LogP contribution < -0.4 is 5.32 Å². The first-order valence-electron chi connectivity index (χ1n) is 6.75. The maximum Gasteiger partial charge on any atom is 0.326 e. The summed E-state index contributed by atoms with van der Waals surface area (Å²) in [6, 6.07) is 4.31. The van der Waals surface area contributed by atoms with Gasteiger partial charge in [-0.05, 0) is 30.0 Å². The fourth-order valence-electron chi connectivity index (χ4n) is 1.92. The fourth-order valence-corrected chi connectivity index (χ4v) is 1.92. The Balaban J connectivity index is 2.70. The van der Waals surface area contributed by atoms with Gasteiger partial charge < -0.3 is 15.5 Å². The normalized spacial score (nSPS) is 13.8. The molecule has 21 heavy (non-hydrogen) atoms. The van der Waals surface area contributed by atoms with Gasteiger partial charge in [0.2, 0.25) is 5.91 Å². The molecular formula is C15H20FNO4. The van der Waals surface area contributed by atoms with E-state index in [4.69, 9.17) is 5.11 Å². The second-order valence-electron chi connectivity index (χ2n) is 5.38. The van der Waals surface area contributed by atoms with Crippen molar-refractivity contribution in [1.82, 2.24) is 5.32 Å². The number of benzene rings is 1. The quantitative estimate of drug-likeness (QED) is 0.709. The third-order valence-electron chi connectivity index (χ3n) is 2.94. The molecule has 0 aromatic heterocycles. The number of carbonyl (C=O) groups is 2. The lowest BCUT2D eigenvalue weighted by molar-refractivity contribution is -0.143. The van der Waals surface area contributed by atoms with Gasteiger partial charge in [-0.25, -0.2) is 9.18 Å². The predicted molar refractivity (Wildman–Crippen MR) is 75.1 cm³/mol. The van der Waals surface area contributed by atoms with Crippen molar-refractivity contribution in [3.8, 4) is 0 Å². The second kappa shape index (κ2) is 7.73. The van der Waals surface area contributed by atoms with E-state index >= 15 is 0 Å². The largest absolute Gasteiger partial charge is 0.480 e. The molecule has 0 aliphatic heterocycles. The summed E-state index contributed by atoms with van der Waals surface area (Å²) in [6.45, 7) is 3.69. The molecule has 0 aliphatic rings. The summed E-state index contributed by atoms with van der Waals surface area (Å²) in [5.74, 6) is -2.32. The molecule has 0 unspecified atom stereocenters. The van der Waals surface area contributed by atoms with E-state index in [0.29, 0.717) is 5.56 Å². The number of nitrogens with one attached hydrogen (secondary N) is 1. The van der Waals surface area contributed by atoms with Crippen LogP contribution in [0, 0.1) is 11.7 Å². The van der Waals surface area contributed by atoms with Gasteiger partial charge in [-0.1, -0.05) is 26.0 Å². The van der Waals surface area contributed by atoms with Crippen molar-refractivity contribution in [2.45, 2.75) is 38.8 Å². The van der Waals surface area contributed by atoms with Gasteiger partial charge in [0.05, 0.1) is 0 Å². The van der Waals surface area contributed by atoms with Crippen molar-refractivity contribution in [3.63, 3.8) is 0 Å². The van der Waals surface area contributed by atoms with Crippen LogP contribution in [-0.4, -0.2) is 34.2 Å². The summed E-state index contributed by atoms with van der Waals surface area (Å²) in [5.41, 5.74) is 0.459. The summed E-state index contributed by atoms with van der Waals surface area (Å²) >= 11 is 0. The molecule has 116 valence electrons. The highest BCUT2D eigenvalue weighted by Crippen LogP contribution is 2.08. The molecular weight excluding hydrogens is 277 g/mol. The molecule has 0 aliphatic carbocycles. The Kier molecular flexibility index (Phi) is 6.30. The molecule has 1 aromatic rings. The van der Waals surface area contributed by atoms with Gasteiger partial charge in [-0.15, -0.1) is 0 Å². The van der Waals surface area contributed by atoms with E-state index in [1.807, 2.05) is 13.8 Å². The highest BCUT2D eigenvalue weighted by Gasteiger charge is 2.24. The number of rotatable bonds is 7. The van der Waals surface area contributed by atoms with Crippen molar-refractivity contribution in [2.24, 2.45) is 5.92 Å². The summed E-state index contributed by atoms with van der Waals surface area (Å²) in [6.07, 6.45) is -1.05. The molecule has 2 atom stereocenters. The second-order valence-corrected chi connectivity index (χ2v) is 5.38. The first-order valence-corrected chi connectivity index (χ1v) is 6.75. The number of hydrogen-bond donors (Lipinski definition) is 3. The summed E-state index contributed by atoms with van der Waals surface area (Å²) < 4.78 is 13.1. The lowest BCUT2D eigenvalue weighted by atomic mass is 10.0. The number of carboxylic acids is 1. The number of aliphatic carboxylic acids is 1. The third-order valence-corrected chi connectivity index (χ3v) is 2.94. The lowest BCUT2D eigenvalue weighted by Gasteiger charge is -2.18. The average molecular weight is 297 g/mol. The third kappa shape index (κ3) is 5.91. The predicted octanol–water partition coefficient (Wildman–Crippen LogP) is 1.34. The lowest BCUT2D eigenvalue weighted by Crippen LogP contribution is -2.46. The number of aliphatic hydroxyl groups is 1. The number of aliphatic hydroxyl groups excluding tert-OH is 1. The van der Waals surface area contributed by atoms with Crippen LogP contribution in [0.25, 0.3) is 0 Å². The topological polar surface area (TPSA) is 86.6 Å². The number of carbonyl (C=O) groups excluding carboxylic acids is 1. The Bertz CT molecular complexity index is 504. The minimum atomic E-state index is -1.25. The van der Waals surface area contributed by atoms with Gasteiger partial charge in [0.1, 0.15) is 18.0 Å². The Morgan fingerprint density at radius 2 is 2.00 bits per heavy atom. The first kappa shape index (κ1) is 17.1. The van der Waals surface area contributed by atoms with E-state index in [2.05, 4.69) is 5.32 Å². The molecule has 0 spiro atoms. The maximum absolute atomic E-state index is 13.1. The molecule has 0 heterocycles. The molecule has 3 N–H and O–H groups in total. The van der Waals surface area contributed by atoms with Gasteiger partial charge in [0.25, 0.3) is 0 Å². The Morgan fingerprint density at radius 1 is 1.33 bits per heavy atom. The molecule has 1 amide bonds. The van der Waals surface area contributed by atoms with E-state index in [0.717, 1.165) is 0 Å². The SMILES string of the molecule is CC(C)C[C@@H](O)C(=O)N[C@@H](Cc1cccc(F)c1)C(=O)O. The minimum Gasteiger partial charge on any atom is -0.480 e. The van der Waals surface area contributed by atoms with Crippen molar-refractivity contribution in [1.29, 1.82) is 0 Å². The monoisotopic (exact) mass is 297 g/mol. The van der Waals surface area contributed by atoms with Crippen molar-refractivity contribution in [2.75, 3.05) is 0 Å². The van der Waals surface area contributed by atoms with Crippen LogP contribution in [0.1, 0.15) is 25.8 Å². The number of amides is 1. The minimum absolute atomic E-state index is 0.0484. The van der Waals surface area contributed by atoms with E-state index in [1.165, 1.54) is 18.2 Å². The Hall–Kier alpha value is -1.95. The van der Waals surface area contributed by atoms with Gasteiger partial charge in [-0.2, -0.15) is 0 Å². The van der Waals surface area contributed by atoms with Crippen LogP contribution in [0.4, 0.5) is 4.39 Å². The fraction of sp³-hybridized carbons (Fsp3) is 0.467. The van der Waals surface area contributed by atoms with Gasteiger partial charge in [0, 0.05) is 6.42 Å². The van der Waals surface area contributed by atoms with Crippen molar-refractivity contribution < 1.29 is 24.2 Å². The molecule has 0 saturated carbocycles. The number of halogens is 1. The zero-order valence-corrected chi connectivity index (χ0v) is 12.0. The summed E-state index contributed by atoms with van der Waals surface area (Å²) in [7, 11) is 0. The molecule has 1 aromatic carbocycles. The Labute approximate surface area is 122 Å². The molecule has 0 radical (unpaired) electrons. The molecule has 0 bridgehead atoms. The molecule has 6 heteroatoms. The van der Waals surface area contributed by atoms with Gasteiger partial charge in [0.15, 0.2) is 0 Å². The van der Waals surface area contributed by atoms with Gasteiger partial charge >= 0.3 is 5.97 Å². The smallest absolute Gasteiger partial charge is 0.326 e. The van der Waals surface area contributed by atoms with E-state index in [9.17, 15) is 19.1 Å². The standard InChI is InChI=1S/C15H20FNO4/c1-9(2)6-13(18)14(19)17-12(15(20)21)8-10-4-3-5-11(16)7-10/h3-5,7,9,12-13,18H,6,8H2,1-2H3,(H,17,19)(H,20,21)/t12-,13+/m0/s1. The van der Waals surface area contributed by atoms with E-state index in [-0.39, 0.29) is 18.8 Å². The van der Waals surface area contributed by atoms with E-state index < -0.39 is 29.8 Å². The van der Waals surface area contributed by atoms with Crippen molar-refractivity contribution >= 4 is 11.9 Å². The molecule has 0 fully saturated rings. The maximum atomic E-state index is 13.1. The van der Waals surface area contributed by atoms with Crippen LogP contribution in [-0.2, 0) is 16.0 Å². The summed E-state index contributed by atoms with van der Waals surface area (Å²) in [5, 5.41) is 21.1. The van der Waals surface area contributed by atoms with Gasteiger partial charge in [-0.3, -0.25) is 4.79 Å². The number of carboxylic acid groups (broad SMARTS) is 1. The van der Waals surface area contributed by atoms with E-state index in [1.54, 1.807) is 6.07 Å². The Morgan fingerprint density at radius 3 is 2.52 bits per heavy atom. The van der Waals surface area contributed by atoms with Crippen LogP contribution in [0.5, 0.6) is 0 Å². The highest BCUT2D eigenvalue weighted by atomic mass is 19.1. The van der Waals surface area contributed by atoms with Crippen LogP contribution in [0.3, 0.4) is 0 Å². The molecule has 0 saturated heterocycles. The zero-order chi connectivity index (χ0) is 16.0. The highest BCUT2D eigenvalue weighted by molar-refractivity contribution is 5.86. The molecule has 1 rings (SSSR count). The van der Waals surface area contributed by atoms with Crippen molar-refractivity contribution in [3.05, 3.63) is 35.6 Å². The van der Waals surface area contributed by atoms with Crippen LogP contribution in [0.15, 0.2) is 24.3 Å². The van der Waals surface area contributed by atoms with Crippen LogP contribution >= 0.6 is 0 Å². The first-order chi connectivity index (χ1) is 9.79. The summed E-state index contributed by atoms with van der Waals surface area (Å²) in [4.78, 5) is 22.9.